The summed E-state index contributed by atoms with van der Waals surface area (Å²) < 4.78 is 21.2. The highest BCUT2D eigenvalue weighted by Gasteiger charge is 2.37. The van der Waals surface area contributed by atoms with Crippen LogP contribution in [0.1, 0.15) is 89.6 Å². The Balaban J connectivity index is 1.53. The van der Waals surface area contributed by atoms with Crippen LogP contribution < -0.4 is 9.64 Å². The zero-order chi connectivity index (χ0) is 33.5. The first-order valence-corrected chi connectivity index (χ1v) is 16.9. The number of aliphatic carboxylic acids is 1. The lowest BCUT2D eigenvalue weighted by Crippen LogP contribution is -2.45. The SMILES string of the molecule is Cc1ccc2c(c1)-c1cccc(c1)-c1cn3c(c([C@H](OC(C)(C)C)C(=O)O)c(C)nc3n1)N1CCC(C)(CC1)OCCCC[C@H](C)O2. The maximum atomic E-state index is 12.8. The number of rotatable bonds is 3. The van der Waals surface area contributed by atoms with E-state index in [2.05, 4.69) is 62.1 Å². The zero-order valence-corrected chi connectivity index (χ0v) is 28.8. The summed E-state index contributed by atoms with van der Waals surface area (Å²) in [5.41, 5.74) is 5.13. The summed E-state index contributed by atoms with van der Waals surface area (Å²) in [6, 6.07) is 14.7. The summed E-state index contributed by atoms with van der Waals surface area (Å²) in [7, 11) is 0. The molecule has 1 saturated heterocycles. The molecule has 0 unspecified atom stereocenters. The van der Waals surface area contributed by atoms with Crippen LogP contribution in [0.2, 0.25) is 0 Å². The normalized spacial score (nSPS) is 21.3. The Hall–Kier alpha value is -3.95. The number of aromatic nitrogens is 3. The number of piperidine rings is 1. The molecule has 7 rings (SSSR count). The predicted octanol–water partition coefficient (Wildman–Crippen LogP) is 7.95. The van der Waals surface area contributed by atoms with Crippen LogP contribution in [0, 0.1) is 13.8 Å². The summed E-state index contributed by atoms with van der Waals surface area (Å²) in [4.78, 5) is 25.0. The minimum absolute atomic E-state index is 0.0707. The Kier molecular flexibility index (Phi) is 9.06. The van der Waals surface area contributed by atoms with Gasteiger partial charge in [-0.25, -0.2) is 14.8 Å². The third-order valence-electron chi connectivity index (χ3n) is 9.28. The van der Waals surface area contributed by atoms with E-state index in [4.69, 9.17) is 24.2 Å². The number of carboxylic acids is 1. The molecule has 3 aliphatic rings. The molecule has 4 aromatic rings. The number of imidazole rings is 1. The number of hydrogen-bond donors (Lipinski definition) is 1. The van der Waals surface area contributed by atoms with E-state index >= 15 is 0 Å². The quantitative estimate of drug-likeness (QED) is 0.241. The summed E-state index contributed by atoms with van der Waals surface area (Å²) in [6.07, 6.45) is 5.40. The Morgan fingerprint density at radius 1 is 1.06 bits per heavy atom. The zero-order valence-electron chi connectivity index (χ0n) is 28.8. The number of nitrogens with zero attached hydrogens (tertiary/aromatic N) is 4. The first kappa shape index (κ1) is 33.0. The molecule has 0 saturated carbocycles. The molecule has 9 nitrogen and oxygen atoms in total. The summed E-state index contributed by atoms with van der Waals surface area (Å²) in [5.74, 6) is 1.10. The van der Waals surface area contributed by atoms with Crippen molar-refractivity contribution in [1.82, 2.24) is 14.4 Å². The molecule has 2 atom stereocenters. The number of benzene rings is 2. The second kappa shape index (κ2) is 12.9. The maximum Gasteiger partial charge on any atom is 0.337 e. The molecule has 2 aromatic heterocycles. The molecule has 9 heteroatoms. The molecule has 5 heterocycles. The van der Waals surface area contributed by atoms with Crippen molar-refractivity contribution in [3.63, 3.8) is 0 Å². The lowest BCUT2D eigenvalue weighted by molar-refractivity contribution is -0.160. The highest BCUT2D eigenvalue weighted by Crippen LogP contribution is 2.39. The van der Waals surface area contributed by atoms with Crippen molar-refractivity contribution in [2.24, 2.45) is 0 Å². The minimum Gasteiger partial charge on any atom is -0.490 e. The number of carboxylic acid groups (broad SMARTS) is 1. The molecule has 0 radical (unpaired) electrons. The van der Waals surface area contributed by atoms with Crippen molar-refractivity contribution in [1.29, 1.82) is 0 Å². The molecule has 0 spiro atoms. The van der Waals surface area contributed by atoms with Crippen LogP contribution in [0.5, 0.6) is 5.75 Å². The predicted molar refractivity (Wildman–Crippen MR) is 184 cm³/mol. The van der Waals surface area contributed by atoms with Gasteiger partial charge < -0.3 is 24.2 Å². The molecular formula is C38H48N4O5. The van der Waals surface area contributed by atoms with Crippen LogP contribution in [0.15, 0.2) is 48.7 Å². The summed E-state index contributed by atoms with van der Waals surface area (Å²) >= 11 is 0. The number of aryl methyl sites for hydroxylation is 2. The lowest BCUT2D eigenvalue weighted by atomic mass is 9.92. The molecular weight excluding hydrogens is 592 g/mol. The second-order valence-corrected chi connectivity index (χ2v) is 14.5. The third-order valence-corrected chi connectivity index (χ3v) is 9.28. The topological polar surface area (TPSA) is 98.4 Å². The van der Waals surface area contributed by atoms with Crippen molar-refractivity contribution < 1.29 is 24.1 Å². The molecule has 6 bridgehead atoms. The van der Waals surface area contributed by atoms with Gasteiger partial charge in [-0.1, -0.05) is 29.8 Å². The molecule has 250 valence electrons. The fourth-order valence-corrected chi connectivity index (χ4v) is 6.74. The van der Waals surface area contributed by atoms with E-state index in [1.165, 1.54) is 0 Å². The first-order chi connectivity index (χ1) is 22.3. The first-order valence-electron chi connectivity index (χ1n) is 16.9. The van der Waals surface area contributed by atoms with Gasteiger partial charge in [0, 0.05) is 37.0 Å². The lowest BCUT2D eigenvalue weighted by Gasteiger charge is -2.41. The van der Waals surface area contributed by atoms with Gasteiger partial charge in [0.05, 0.1) is 34.3 Å². The second-order valence-electron chi connectivity index (χ2n) is 14.5. The van der Waals surface area contributed by atoms with Crippen molar-refractivity contribution >= 4 is 17.6 Å². The monoisotopic (exact) mass is 640 g/mol. The summed E-state index contributed by atoms with van der Waals surface area (Å²) in [5, 5.41) is 10.5. The van der Waals surface area contributed by atoms with Crippen LogP contribution >= 0.6 is 0 Å². The van der Waals surface area contributed by atoms with Crippen LogP contribution in [-0.2, 0) is 14.3 Å². The number of ether oxygens (including phenoxy) is 3. The Labute approximate surface area is 277 Å². The van der Waals surface area contributed by atoms with Gasteiger partial charge in [-0.2, -0.15) is 0 Å². The fourth-order valence-electron chi connectivity index (χ4n) is 6.74. The Morgan fingerprint density at radius 2 is 1.81 bits per heavy atom. The van der Waals surface area contributed by atoms with Gasteiger partial charge in [0.15, 0.2) is 6.10 Å². The number of carbonyl (C=O) groups is 1. The summed E-state index contributed by atoms with van der Waals surface area (Å²) in [6.45, 7) is 16.0. The average Bonchev–Trinajstić information content (AvgIpc) is 3.43. The van der Waals surface area contributed by atoms with Crippen LogP contribution in [-0.4, -0.2) is 62.4 Å². The van der Waals surface area contributed by atoms with Gasteiger partial charge in [0.25, 0.3) is 0 Å². The van der Waals surface area contributed by atoms with Gasteiger partial charge in [0.2, 0.25) is 5.78 Å². The van der Waals surface area contributed by atoms with E-state index < -0.39 is 17.7 Å². The number of anilines is 1. The molecule has 0 amide bonds. The molecule has 1 fully saturated rings. The van der Waals surface area contributed by atoms with Gasteiger partial charge in [-0.05, 0) is 104 Å². The van der Waals surface area contributed by atoms with E-state index in [1.54, 1.807) is 0 Å². The van der Waals surface area contributed by atoms with Crippen LogP contribution in [0.25, 0.3) is 28.2 Å². The van der Waals surface area contributed by atoms with Crippen LogP contribution in [0.4, 0.5) is 5.82 Å². The smallest absolute Gasteiger partial charge is 0.337 e. The van der Waals surface area contributed by atoms with E-state index in [0.29, 0.717) is 36.7 Å². The molecule has 0 aliphatic carbocycles. The molecule has 47 heavy (non-hydrogen) atoms. The van der Waals surface area contributed by atoms with Crippen molar-refractivity contribution in [2.75, 3.05) is 24.6 Å². The van der Waals surface area contributed by atoms with Crippen LogP contribution in [0.3, 0.4) is 0 Å². The minimum atomic E-state index is -1.20. The maximum absolute atomic E-state index is 12.8. The molecule has 2 aromatic carbocycles. The molecule has 1 N–H and O–H groups in total. The molecule has 3 aliphatic heterocycles. The third kappa shape index (κ3) is 7.16. The number of fused-ring (bicyclic) bond motifs is 8. The highest BCUT2D eigenvalue weighted by molar-refractivity contribution is 5.79. The average molecular weight is 641 g/mol. The van der Waals surface area contributed by atoms with E-state index in [-0.39, 0.29) is 11.7 Å². The largest absolute Gasteiger partial charge is 0.490 e. The van der Waals surface area contributed by atoms with Gasteiger partial charge in [-0.15, -0.1) is 0 Å². The standard InChI is InChI=1S/C38H48N4O5/c1-24-14-15-31-29(21-24)27-12-10-13-28(22-27)30-23-42-34(32(26(3)39-36(42)40-30)33(35(43)44)47-37(4,5)6)41-18-16-38(7,17-19-41)45-20-9-8-11-25(2)46-31/h10,12-15,21-23,25,33H,8-9,11,16-20H2,1-7H3,(H,43,44)/t25-,33-/m0/s1. The van der Waals surface area contributed by atoms with Crippen molar-refractivity contribution in [3.8, 4) is 28.1 Å². The van der Waals surface area contributed by atoms with E-state index in [1.807, 2.05) is 44.4 Å². The van der Waals surface area contributed by atoms with Crippen molar-refractivity contribution in [3.05, 3.63) is 65.5 Å². The Bertz CT molecular complexity index is 1770. The van der Waals surface area contributed by atoms with Crippen molar-refractivity contribution in [2.45, 2.75) is 104 Å². The van der Waals surface area contributed by atoms with E-state index in [9.17, 15) is 9.90 Å². The van der Waals surface area contributed by atoms with Gasteiger partial charge >= 0.3 is 5.97 Å². The van der Waals surface area contributed by atoms with Gasteiger partial charge in [0.1, 0.15) is 11.6 Å². The fraction of sp³-hybridized carbons (Fsp3) is 0.500. The van der Waals surface area contributed by atoms with Gasteiger partial charge in [-0.3, -0.25) is 4.40 Å². The Morgan fingerprint density at radius 3 is 2.53 bits per heavy atom. The van der Waals surface area contributed by atoms with E-state index in [0.717, 1.165) is 71.6 Å². The number of hydrogen-bond acceptors (Lipinski definition) is 7. The highest BCUT2D eigenvalue weighted by atomic mass is 16.5.